The molecule has 0 fully saturated rings. The van der Waals surface area contributed by atoms with Crippen molar-refractivity contribution in [3.63, 3.8) is 0 Å². The predicted molar refractivity (Wildman–Crippen MR) is 74.9 cm³/mol. The van der Waals surface area contributed by atoms with E-state index in [0.717, 1.165) is 11.4 Å². The van der Waals surface area contributed by atoms with Crippen LogP contribution in [-0.2, 0) is 5.41 Å². The summed E-state index contributed by atoms with van der Waals surface area (Å²) < 4.78 is 0. The van der Waals surface area contributed by atoms with Crippen LogP contribution in [0, 0.1) is 0 Å². The molecule has 1 heterocycles. The van der Waals surface area contributed by atoms with E-state index in [2.05, 4.69) is 36.1 Å². The fraction of sp³-hybridized carbons (Fsp3) is 0.286. The van der Waals surface area contributed by atoms with E-state index < -0.39 is 0 Å². The first-order valence-corrected chi connectivity index (χ1v) is 5.92. The molecule has 0 atom stereocenters. The minimum atomic E-state index is -0.0478. The van der Waals surface area contributed by atoms with Gasteiger partial charge in [0.1, 0.15) is 0 Å². The van der Waals surface area contributed by atoms with E-state index in [1.165, 1.54) is 0 Å². The van der Waals surface area contributed by atoms with E-state index in [4.69, 9.17) is 5.73 Å². The van der Waals surface area contributed by atoms with Crippen molar-refractivity contribution >= 4 is 17.3 Å². The van der Waals surface area contributed by atoms with Crippen molar-refractivity contribution in [3.05, 3.63) is 42.2 Å². The summed E-state index contributed by atoms with van der Waals surface area (Å²) in [4.78, 5) is 8.73. The van der Waals surface area contributed by atoms with Gasteiger partial charge in [-0.05, 0) is 12.1 Å². The van der Waals surface area contributed by atoms with Gasteiger partial charge in [0.15, 0.2) is 11.6 Å². The Kier molecular flexibility index (Phi) is 3.19. The third kappa shape index (κ3) is 2.77. The average molecular weight is 242 g/mol. The van der Waals surface area contributed by atoms with E-state index in [1.807, 2.05) is 30.3 Å². The Morgan fingerprint density at radius 2 is 1.78 bits per heavy atom. The molecular formula is C14H18N4. The van der Waals surface area contributed by atoms with Gasteiger partial charge in [0.2, 0.25) is 0 Å². The highest BCUT2D eigenvalue weighted by Gasteiger charge is 2.17. The molecule has 0 aliphatic heterocycles. The van der Waals surface area contributed by atoms with Gasteiger partial charge in [0, 0.05) is 11.1 Å². The summed E-state index contributed by atoms with van der Waals surface area (Å²) in [7, 11) is 0. The number of anilines is 3. The fourth-order valence-corrected chi connectivity index (χ4v) is 1.51. The molecule has 0 radical (unpaired) electrons. The molecule has 0 aliphatic carbocycles. The Morgan fingerprint density at radius 1 is 1.11 bits per heavy atom. The van der Waals surface area contributed by atoms with Crippen LogP contribution in [0.2, 0.25) is 0 Å². The highest BCUT2D eigenvalue weighted by molar-refractivity contribution is 5.65. The highest BCUT2D eigenvalue weighted by atomic mass is 15.1. The van der Waals surface area contributed by atoms with Gasteiger partial charge in [-0.2, -0.15) is 0 Å². The van der Waals surface area contributed by atoms with Gasteiger partial charge in [-0.25, -0.2) is 9.97 Å². The molecule has 0 spiro atoms. The van der Waals surface area contributed by atoms with Gasteiger partial charge in [-0.3, -0.25) is 0 Å². The Hall–Kier alpha value is -2.10. The van der Waals surface area contributed by atoms with Crippen LogP contribution in [0.4, 0.5) is 17.3 Å². The first kappa shape index (κ1) is 12.4. The maximum atomic E-state index is 5.84. The predicted octanol–water partition coefficient (Wildman–Crippen LogP) is 3.10. The Balaban J connectivity index is 2.33. The lowest BCUT2D eigenvalue weighted by atomic mass is 9.93. The van der Waals surface area contributed by atoms with Crippen LogP contribution in [0.15, 0.2) is 36.5 Å². The topological polar surface area (TPSA) is 63.8 Å². The SMILES string of the molecule is CC(C)(C)c1cnc(N)c(Nc2ccccc2)n1. The fourth-order valence-electron chi connectivity index (χ4n) is 1.51. The lowest BCUT2D eigenvalue weighted by Crippen LogP contribution is -2.16. The number of aromatic nitrogens is 2. The van der Waals surface area contributed by atoms with E-state index in [0.29, 0.717) is 11.6 Å². The molecule has 0 unspecified atom stereocenters. The average Bonchev–Trinajstić information content (AvgIpc) is 2.32. The molecule has 94 valence electrons. The molecule has 0 bridgehead atoms. The Morgan fingerprint density at radius 3 is 2.39 bits per heavy atom. The Bertz CT molecular complexity index is 529. The van der Waals surface area contributed by atoms with E-state index >= 15 is 0 Å². The van der Waals surface area contributed by atoms with E-state index in [-0.39, 0.29) is 5.41 Å². The molecule has 4 heteroatoms. The minimum absolute atomic E-state index is 0.0478. The van der Waals surface area contributed by atoms with Crippen molar-refractivity contribution in [2.24, 2.45) is 0 Å². The second kappa shape index (κ2) is 4.64. The summed E-state index contributed by atoms with van der Waals surface area (Å²) in [5, 5.41) is 3.19. The van der Waals surface area contributed by atoms with Crippen LogP contribution >= 0.6 is 0 Å². The number of nitrogens with one attached hydrogen (secondary N) is 1. The molecule has 1 aromatic heterocycles. The van der Waals surface area contributed by atoms with Gasteiger partial charge in [0.05, 0.1) is 11.9 Å². The molecule has 0 amide bonds. The van der Waals surface area contributed by atoms with Crippen LogP contribution in [-0.4, -0.2) is 9.97 Å². The highest BCUT2D eigenvalue weighted by Crippen LogP contribution is 2.24. The van der Waals surface area contributed by atoms with E-state index in [1.54, 1.807) is 6.20 Å². The van der Waals surface area contributed by atoms with Gasteiger partial charge >= 0.3 is 0 Å². The summed E-state index contributed by atoms with van der Waals surface area (Å²) in [5.74, 6) is 1.01. The van der Waals surface area contributed by atoms with Crippen molar-refractivity contribution in [2.75, 3.05) is 11.1 Å². The van der Waals surface area contributed by atoms with Crippen LogP contribution in [0.1, 0.15) is 26.5 Å². The number of nitrogens with zero attached hydrogens (tertiary/aromatic N) is 2. The first-order chi connectivity index (χ1) is 8.47. The lowest BCUT2D eigenvalue weighted by molar-refractivity contribution is 0.567. The van der Waals surface area contributed by atoms with Crippen molar-refractivity contribution in [1.29, 1.82) is 0 Å². The van der Waals surface area contributed by atoms with E-state index in [9.17, 15) is 0 Å². The zero-order valence-electron chi connectivity index (χ0n) is 10.9. The zero-order chi connectivity index (χ0) is 13.2. The third-order valence-electron chi connectivity index (χ3n) is 2.61. The molecule has 18 heavy (non-hydrogen) atoms. The molecule has 0 aliphatic rings. The number of hydrogen-bond donors (Lipinski definition) is 2. The quantitative estimate of drug-likeness (QED) is 0.849. The molecule has 1 aromatic carbocycles. The van der Waals surface area contributed by atoms with Crippen LogP contribution in [0.5, 0.6) is 0 Å². The largest absolute Gasteiger partial charge is 0.381 e. The molecule has 2 aromatic rings. The molecule has 0 saturated heterocycles. The van der Waals surface area contributed by atoms with Gasteiger partial charge in [-0.1, -0.05) is 39.0 Å². The normalized spacial score (nSPS) is 11.3. The van der Waals surface area contributed by atoms with Crippen LogP contribution in [0.25, 0.3) is 0 Å². The van der Waals surface area contributed by atoms with Gasteiger partial charge in [-0.15, -0.1) is 0 Å². The monoisotopic (exact) mass is 242 g/mol. The van der Waals surface area contributed by atoms with Crippen molar-refractivity contribution in [2.45, 2.75) is 26.2 Å². The first-order valence-electron chi connectivity index (χ1n) is 5.92. The summed E-state index contributed by atoms with van der Waals surface area (Å²) in [5.41, 5.74) is 7.66. The number of nitrogens with two attached hydrogens (primary N) is 1. The lowest BCUT2D eigenvalue weighted by Gasteiger charge is -2.18. The maximum absolute atomic E-state index is 5.84. The summed E-state index contributed by atoms with van der Waals surface area (Å²) in [6.07, 6.45) is 1.73. The van der Waals surface area contributed by atoms with Gasteiger partial charge < -0.3 is 11.1 Å². The summed E-state index contributed by atoms with van der Waals surface area (Å²) >= 11 is 0. The molecule has 4 nitrogen and oxygen atoms in total. The number of para-hydroxylation sites is 1. The summed E-state index contributed by atoms with van der Waals surface area (Å²) in [6.45, 7) is 6.29. The zero-order valence-corrected chi connectivity index (χ0v) is 10.9. The smallest absolute Gasteiger partial charge is 0.173 e. The third-order valence-corrected chi connectivity index (χ3v) is 2.61. The Labute approximate surface area is 107 Å². The molecule has 3 N–H and O–H groups in total. The van der Waals surface area contributed by atoms with Crippen molar-refractivity contribution in [1.82, 2.24) is 9.97 Å². The summed E-state index contributed by atoms with van der Waals surface area (Å²) in [6, 6.07) is 9.81. The van der Waals surface area contributed by atoms with Crippen molar-refractivity contribution in [3.8, 4) is 0 Å². The number of hydrogen-bond acceptors (Lipinski definition) is 4. The molecular weight excluding hydrogens is 224 g/mol. The standard InChI is InChI=1S/C14H18N4/c1-14(2,3)11-9-16-12(15)13(18-11)17-10-7-5-4-6-8-10/h4-9H,1-3H3,(H2,15,16)(H,17,18). The maximum Gasteiger partial charge on any atom is 0.173 e. The van der Waals surface area contributed by atoms with Crippen LogP contribution in [0.3, 0.4) is 0 Å². The van der Waals surface area contributed by atoms with Crippen molar-refractivity contribution < 1.29 is 0 Å². The molecule has 2 rings (SSSR count). The minimum Gasteiger partial charge on any atom is -0.381 e. The number of rotatable bonds is 2. The number of benzene rings is 1. The van der Waals surface area contributed by atoms with Gasteiger partial charge in [0.25, 0.3) is 0 Å². The molecule has 0 saturated carbocycles. The second-order valence-corrected chi connectivity index (χ2v) is 5.23. The van der Waals surface area contributed by atoms with Crippen LogP contribution < -0.4 is 11.1 Å². The number of nitrogen functional groups attached to an aromatic ring is 1. The second-order valence-electron chi connectivity index (χ2n) is 5.23.